The van der Waals surface area contributed by atoms with E-state index in [4.69, 9.17) is 15.2 Å². The Balaban J connectivity index is 2.48. The number of anilines is 1. The molecule has 0 fully saturated rings. The average molecular weight is 232 g/mol. The monoisotopic (exact) mass is 232 g/mol. The number of pyridine rings is 1. The molecule has 17 heavy (non-hydrogen) atoms. The SMILES string of the molecule is COc1ccc(-c2ncnc(N)c2OC)cn1. The van der Waals surface area contributed by atoms with E-state index in [1.54, 1.807) is 19.4 Å². The largest absolute Gasteiger partial charge is 0.491 e. The molecule has 2 rings (SSSR count). The number of nitrogens with two attached hydrogens (primary N) is 1. The van der Waals surface area contributed by atoms with Crippen molar-refractivity contribution >= 4 is 5.82 Å². The molecule has 0 aliphatic carbocycles. The predicted octanol–water partition coefficient (Wildman–Crippen LogP) is 1.14. The molecule has 2 N–H and O–H groups in total. The van der Waals surface area contributed by atoms with Crippen LogP contribution in [0.5, 0.6) is 11.6 Å². The molecule has 2 aromatic heterocycles. The number of ether oxygens (including phenoxy) is 2. The summed E-state index contributed by atoms with van der Waals surface area (Å²) in [5.41, 5.74) is 7.10. The summed E-state index contributed by atoms with van der Waals surface area (Å²) in [6.45, 7) is 0. The van der Waals surface area contributed by atoms with Crippen LogP contribution in [0, 0.1) is 0 Å². The van der Waals surface area contributed by atoms with E-state index >= 15 is 0 Å². The fraction of sp³-hybridized carbons (Fsp3) is 0.182. The van der Waals surface area contributed by atoms with E-state index in [-0.39, 0.29) is 0 Å². The molecule has 0 aromatic carbocycles. The maximum atomic E-state index is 5.70. The topological polar surface area (TPSA) is 83.2 Å². The van der Waals surface area contributed by atoms with Gasteiger partial charge in [0.25, 0.3) is 0 Å². The second-order valence-corrected chi connectivity index (χ2v) is 3.23. The second kappa shape index (κ2) is 4.65. The van der Waals surface area contributed by atoms with E-state index in [1.165, 1.54) is 13.4 Å². The van der Waals surface area contributed by atoms with E-state index in [1.807, 2.05) is 6.07 Å². The van der Waals surface area contributed by atoms with Crippen molar-refractivity contribution in [2.24, 2.45) is 0 Å². The van der Waals surface area contributed by atoms with Crippen molar-refractivity contribution in [1.82, 2.24) is 15.0 Å². The van der Waals surface area contributed by atoms with Crippen LogP contribution in [-0.4, -0.2) is 29.2 Å². The van der Waals surface area contributed by atoms with Crippen LogP contribution in [0.2, 0.25) is 0 Å². The zero-order chi connectivity index (χ0) is 12.3. The Bertz CT molecular complexity index is 513. The van der Waals surface area contributed by atoms with Crippen LogP contribution < -0.4 is 15.2 Å². The fourth-order valence-electron chi connectivity index (χ4n) is 1.44. The lowest BCUT2D eigenvalue weighted by atomic mass is 10.2. The van der Waals surface area contributed by atoms with Gasteiger partial charge < -0.3 is 15.2 Å². The van der Waals surface area contributed by atoms with Crippen LogP contribution in [0.4, 0.5) is 5.82 Å². The van der Waals surface area contributed by atoms with Gasteiger partial charge in [-0.1, -0.05) is 0 Å². The fourth-order valence-corrected chi connectivity index (χ4v) is 1.44. The molecular weight excluding hydrogens is 220 g/mol. The van der Waals surface area contributed by atoms with Gasteiger partial charge in [0.05, 0.1) is 14.2 Å². The highest BCUT2D eigenvalue weighted by Crippen LogP contribution is 2.31. The third-order valence-corrected chi connectivity index (χ3v) is 2.25. The summed E-state index contributed by atoms with van der Waals surface area (Å²) in [5.74, 6) is 1.28. The molecule has 2 heterocycles. The normalized spacial score (nSPS) is 10.0. The molecule has 0 spiro atoms. The van der Waals surface area contributed by atoms with Gasteiger partial charge >= 0.3 is 0 Å². The number of hydrogen-bond donors (Lipinski definition) is 1. The highest BCUT2D eigenvalue weighted by molar-refractivity contribution is 5.70. The lowest BCUT2D eigenvalue weighted by Crippen LogP contribution is -2.00. The number of nitrogens with zero attached hydrogens (tertiary/aromatic N) is 3. The number of aromatic nitrogens is 3. The first-order chi connectivity index (χ1) is 8.26. The van der Waals surface area contributed by atoms with E-state index in [2.05, 4.69) is 15.0 Å². The quantitative estimate of drug-likeness (QED) is 0.854. The van der Waals surface area contributed by atoms with Crippen LogP contribution in [0.3, 0.4) is 0 Å². The highest BCUT2D eigenvalue weighted by atomic mass is 16.5. The summed E-state index contributed by atoms with van der Waals surface area (Å²) in [6.07, 6.45) is 3.03. The maximum absolute atomic E-state index is 5.70. The Hall–Kier alpha value is -2.37. The minimum atomic E-state index is 0.299. The zero-order valence-corrected chi connectivity index (χ0v) is 9.54. The second-order valence-electron chi connectivity index (χ2n) is 3.23. The first-order valence-corrected chi connectivity index (χ1v) is 4.91. The lowest BCUT2D eigenvalue weighted by molar-refractivity contribution is 0.398. The molecule has 0 unspecified atom stereocenters. The Kier molecular flexibility index (Phi) is 3.04. The van der Waals surface area contributed by atoms with Gasteiger partial charge in [0, 0.05) is 17.8 Å². The van der Waals surface area contributed by atoms with Gasteiger partial charge in [0.15, 0.2) is 11.6 Å². The standard InChI is InChI=1S/C11H12N4O2/c1-16-8-4-3-7(5-13-8)9-10(17-2)11(12)15-6-14-9/h3-6H,1-2H3,(H2,12,14,15). The van der Waals surface area contributed by atoms with Crippen LogP contribution in [0.15, 0.2) is 24.7 Å². The Morgan fingerprint density at radius 1 is 1.06 bits per heavy atom. The molecular formula is C11H12N4O2. The first-order valence-electron chi connectivity index (χ1n) is 4.91. The first kappa shape index (κ1) is 11.1. The smallest absolute Gasteiger partial charge is 0.212 e. The molecule has 0 aliphatic heterocycles. The third-order valence-electron chi connectivity index (χ3n) is 2.25. The van der Waals surface area contributed by atoms with Crippen molar-refractivity contribution < 1.29 is 9.47 Å². The van der Waals surface area contributed by atoms with Crippen molar-refractivity contribution in [3.05, 3.63) is 24.7 Å². The average Bonchev–Trinajstić information content (AvgIpc) is 2.38. The summed E-state index contributed by atoms with van der Waals surface area (Å²) in [5, 5.41) is 0. The van der Waals surface area contributed by atoms with Gasteiger partial charge in [-0.25, -0.2) is 15.0 Å². The molecule has 0 atom stereocenters. The molecule has 6 nitrogen and oxygen atoms in total. The van der Waals surface area contributed by atoms with Crippen molar-refractivity contribution in [3.8, 4) is 22.9 Å². The molecule has 6 heteroatoms. The van der Waals surface area contributed by atoms with Crippen molar-refractivity contribution in [1.29, 1.82) is 0 Å². The van der Waals surface area contributed by atoms with E-state index < -0.39 is 0 Å². The lowest BCUT2D eigenvalue weighted by Gasteiger charge is -2.08. The summed E-state index contributed by atoms with van der Waals surface area (Å²) in [7, 11) is 3.08. The van der Waals surface area contributed by atoms with Gasteiger partial charge in [0.2, 0.25) is 5.88 Å². The van der Waals surface area contributed by atoms with E-state index in [0.29, 0.717) is 23.1 Å². The van der Waals surface area contributed by atoms with Crippen LogP contribution in [0.1, 0.15) is 0 Å². The van der Waals surface area contributed by atoms with E-state index in [9.17, 15) is 0 Å². The van der Waals surface area contributed by atoms with Crippen molar-refractivity contribution in [2.45, 2.75) is 0 Å². The number of hydrogen-bond acceptors (Lipinski definition) is 6. The summed E-state index contributed by atoms with van der Waals surface area (Å²) in [4.78, 5) is 12.1. The van der Waals surface area contributed by atoms with Crippen molar-refractivity contribution in [3.63, 3.8) is 0 Å². The van der Waals surface area contributed by atoms with Gasteiger partial charge in [-0.15, -0.1) is 0 Å². The van der Waals surface area contributed by atoms with Crippen LogP contribution >= 0.6 is 0 Å². The van der Waals surface area contributed by atoms with Gasteiger partial charge in [-0.2, -0.15) is 0 Å². The van der Waals surface area contributed by atoms with Crippen LogP contribution in [-0.2, 0) is 0 Å². The molecule has 2 aromatic rings. The molecule has 0 amide bonds. The molecule has 88 valence electrons. The summed E-state index contributed by atoms with van der Waals surface area (Å²) in [6, 6.07) is 3.57. The number of methoxy groups -OCH3 is 2. The molecule has 0 bridgehead atoms. The zero-order valence-electron chi connectivity index (χ0n) is 9.54. The van der Waals surface area contributed by atoms with Gasteiger partial charge in [0.1, 0.15) is 12.0 Å². The third kappa shape index (κ3) is 2.10. The predicted molar refractivity (Wildman–Crippen MR) is 62.8 cm³/mol. The minimum absolute atomic E-state index is 0.299. The molecule has 0 saturated heterocycles. The van der Waals surface area contributed by atoms with Gasteiger partial charge in [-0.05, 0) is 6.07 Å². The maximum Gasteiger partial charge on any atom is 0.212 e. The Morgan fingerprint density at radius 3 is 2.47 bits per heavy atom. The summed E-state index contributed by atoms with van der Waals surface area (Å²) < 4.78 is 10.2. The summed E-state index contributed by atoms with van der Waals surface area (Å²) >= 11 is 0. The molecule has 0 saturated carbocycles. The Morgan fingerprint density at radius 2 is 1.88 bits per heavy atom. The minimum Gasteiger partial charge on any atom is -0.491 e. The van der Waals surface area contributed by atoms with Crippen molar-refractivity contribution in [2.75, 3.05) is 20.0 Å². The van der Waals surface area contributed by atoms with E-state index in [0.717, 1.165) is 5.56 Å². The van der Waals surface area contributed by atoms with Crippen LogP contribution in [0.25, 0.3) is 11.3 Å². The molecule has 0 radical (unpaired) electrons. The van der Waals surface area contributed by atoms with Gasteiger partial charge in [-0.3, -0.25) is 0 Å². The highest BCUT2D eigenvalue weighted by Gasteiger charge is 2.11. The number of rotatable bonds is 3. The Labute approximate surface area is 98.4 Å². The molecule has 0 aliphatic rings. The number of nitrogen functional groups attached to an aromatic ring is 1.